The van der Waals surface area contributed by atoms with Crippen LogP contribution in [0, 0.1) is 23.6 Å². The van der Waals surface area contributed by atoms with Gasteiger partial charge in [0.2, 0.25) is 23.6 Å². The summed E-state index contributed by atoms with van der Waals surface area (Å²) in [5.74, 6) is -4.76. The highest BCUT2D eigenvalue weighted by molar-refractivity contribution is 5.98. The molecule has 1 aromatic carbocycles. The van der Waals surface area contributed by atoms with Crippen LogP contribution in [0.25, 0.3) is 0 Å². The van der Waals surface area contributed by atoms with E-state index in [4.69, 9.17) is 0 Å². The monoisotopic (exact) mass is 667 g/mol. The van der Waals surface area contributed by atoms with Crippen molar-refractivity contribution in [1.29, 1.82) is 0 Å². The van der Waals surface area contributed by atoms with Gasteiger partial charge in [-0.2, -0.15) is 0 Å². The van der Waals surface area contributed by atoms with Gasteiger partial charge >= 0.3 is 0 Å². The zero-order valence-corrected chi connectivity index (χ0v) is 28.4. The largest absolute Gasteiger partial charge is 0.508 e. The molecular weight excluding hydrogens is 609 g/mol. The second-order valence-electron chi connectivity index (χ2n) is 12.6. The minimum absolute atomic E-state index is 0. The van der Waals surface area contributed by atoms with Gasteiger partial charge in [0.25, 0.3) is 5.91 Å². The van der Waals surface area contributed by atoms with E-state index in [0.717, 1.165) is 18.2 Å². The van der Waals surface area contributed by atoms with E-state index in [0.29, 0.717) is 25.8 Å². The molecule has 0 aromatic heterocycles. The highest BCUT2D eigenvalue weighted by Crippen LogP contribution is 2.17. The van der Waals surface area contributed by atoms with Gasteiger partial charge in [0.1, 0.15) is 29.7 Å². The fourth-order valence-corrected chi connectivity index (χ4v) is 4.92. The molecule has 1 aromatic rings. The van der Waals surface area contributed by atoms with E-state index in [1.807, 2.05) is 27.7 Å². The lowest BCUT2D eigenvalue weighted by atomic mass is 9.95. The Labute approximate surface area is 279 Å². The van der Waals surface area contributed by atoms with E-state index in [2.05, 4.69) is 26.6 Å². The first kappa shape index (κ1) is 43.3. The summed E-state index contributed by atoms with van der Waals surface area (Å²) in [7, 11) is 0. The number of hydrogen-bond donors (Lipinski definition) is 7. The fraction of sp³-hybridized carbons (Fsp3) is 0.676. The Bertz CT molecular complexity index is 1180. The zero-order valence-electron chi connectivity index (χ0n) is 28.4. The number of aliphatic hydroxyl groups is 1. The maximum Gasteiger partial charge on any atom is 0.254 e. The van der Waals surface area contributed by atoms with Crippen LogP contribution in [0.1, 0.15) is 105 Å². The SMILES string of the molecule is C.CCC[C@H](NC(=O)[C@@H](NC(=O)c1ccc(O)cc1F)[C@@H](C)CC)C(=O)N[C@@H](CC(C)C)[C@@H](O)CC(=O)N[C@H](C(=O)NCC)C(C)C. The van der Waals surface area contributed by atoms with Gasteiger partial charge in [-0.15, -0.1) is 0 Å². The van der Waals surface area contributed by atoms with Gasteiger partial charge in [0.05, 0.1) is 24.1 Å². The number of benzene rings is 1. The standard InChI is InChI=1S/C33H54FN5O7.CH4/c1-9-12-24(36-33(46)29(20(8)10-2)39-30(43)22-14-13-21(40)16-23(22)34)31(44)37-25(15-18(4)5)26(41)17-27(42)38-28(19(6)7)32(45)35-11-3;/h13-14,16,18-20,24-26,28-29,40-41H,9-12,15,17H2,1-8H3,(H,35,45)(H,36,46)(H,37,44)(H,38,42)(H,39,43);1H4/t20-,24-,25-,26-,28-,29-;/m0./s1. The van der Waals surface area contributed by atoms with Crippen molar-refractivity contribution >= 4 is 29.5 Å². The number of likely N-dealkylation sites (N-methyl/N-ethyl adjacent to an activating group) is 1. The minimum atomic E-state index is -1.28. The van der Waals surface area contributed by atoms with Crippen molar-refractivity contribution < 1.29 is 38.6 Å². The van der Waals surface area contributed by atoms with Gasteiger partial charge in [-0.1, -0.05) is 68.7 Å². The van der Waals surface area contributed by atoms with E-state index < -0.39 is 59.7 Å². The fourth-order valence-electron chi connectivity index (χ4n) is 4.92. The molecule has 0 bridgehead atoms. The molecule has 0 spiro atoms. The lowest BCUT2D eigenvalue weighted by Crippen LogP contribution is -2.58. The van der Waals surface area contributed by atoms with Crippen molar-refractivity contribution in [2.45, 2.75) is 125 Å². The third-order valence-electron chi connectivity index (χ3n) is 7.72. The molecular formula is C34H58FN5O7. The van der Waals surface area contributed by atoms with Crippen LogP contribution < -0.4 is 26.6 Å². The smallest absolute Gasteiger partial charge is 0.254 e. The van der Waals surface area contributed by atoms with Crippen LogP contribution in [0.5, 0.6) is 5.75 Å². The van der Waals surface area contributed by atoms with Gasteiger partial charge in [-0.3, -0.25) is 24.0 Å². The molecule has 0 saturated carbocycles. The van der Waals surface area contributed by atoms with Crippen molar-refractivity contribution in [2.24, 2.45) is 17.8 Å². The summed E-state index contributed by atoms with van der Waals surface area (Å²) in [6.07, 6.45) is -0.0450. The lowest BCUT2D eigenvalue weighted by Gasteiger charge is -2.30. The number of carbonyl (C=O) groups excluding carboxylic acids is 5. The third kappa shape index (κ3) is 14.3. The van der Waals surface area contributed by atoms with Crippen LogP contribution in [0.3, 0.4) is 0 Å². The maximum absolute atomic E-state index is 14.3. The van der Waals surface area contributed by atoms with Crippen molar-refractivity contribution in [3.63, 3.8) is 0 Å². The first-order chi connectivity index (χ1) is 21.6. The predicted octanol–water partition coefficient (Wildman–Crippen LogP) is 3.16. The molecule has 6 atom stereocenters. The molecule has 47 heavy (non-hydrogen) atoms. The Morgan fingerprint density at radius 1 is 0.851 bits per heavy atom. The van der Waals surface area contributed by atoms with Crippen LogP contribution in [0.4, 0.5) is 4.39 Å². The Balaban J connectivity index is 0.0000212. The molecule has 0 unspecified atom stereocenters. The quantitative estimate of drug-likeness (QED) is 0.118. The molecule has 0 saturated heterocycles. The summed E-state index contributed by atoms with van der Waals surface area (Å²) in [5, 5.41) is 33.9. The summed E-state index contributed by atoms with van der Waals surface area (Å²) >= 11 is 0. The minimum Gasteiger partial charge on any atom is -0.508 e. The van der Waals surface area contributed by atoms with Crippen LogP contribution in [-0.4, -0.2) is 76.6 Å². The van der Waals surface area contributed by atoms with Crippen molar-refractivity contribution in [1.82, 2.24) is 26.6 Å². The van der Waals surface area contributed by atoms with Gasteiger partial charge in [-0.05, 0) is 49.7 Å². The molecule has 5 amide bonds. The number of phenolic OH excluding ortho intramolecular Hbond substituents is 1. The topological polar surface area (TPSA) is 186 Å². The molecule has 1 rings (SSSR count). The molecule has 12 nitrogen and oxygen atoms in total. The van der Waals surface area contributed by atoms with Crippen molar-refractivity contribution in [3.05, 3.63) is 29.6 Å². The maximum atomic E-state index is 14.3. The Hall–Kier alpha value is -3.74. The number of rotatable bonds is 19. The van der Waals surface area contributed by atoms with Gasteiger partial charge in [0, 0.05) is 12.6 Å². The normalized spacial score (nSPS) is 14.9. The molecule has 0 aliphatic rings. The summed E-state index contributed by atoms with van der Waals surface area (Å²) in [5.41, 5.74) is -0.345. The predicted molar refractivity (Wildman–Crippen MR) is 180 cm³/mol. The van der Waals surface area contributed by atoms with Gasteiger partial charge < -0.3 is 36.8 Å². The van der Waals surface area contributed by atoms with Gasteiger partial charge in [-0.25, -0.2) is 4.39 Å². The zero-order chi connectivity index (χ0) is 35.1. The highest BCUT2D eigenvalue weighted by atomic mass is 19.1. The van der Waals surface area contributed by atoms with Crippen molar-refractivity contribution in [2.75, 3.05) is 6.54 Å². The lowest BCUT2D eigenvalue weighted by molar-refractivity contribution is -0.133. The Kier molecular flexibility index (Phi) is 19.5. The van der Waals surface area contributed by atoms with E-state index in [1.54, 1.807) is 27.7 Å². The molecule has 268 valence electrons. The average Bonchev–Trinajstić information content (AvgIpc) is 2.97. The number of nitrogens with one attached hydrogen (secondary N) is 5. The van der Waals surface area contributed by atoms with E-state index in [-0.39, 0.29) is 55.2 Å². The van der Waals surface area contributed by atoms with Crippen molar-refractivity contribution in [3.8, 4) is 5.75 Å². The number of aliphatic hydroxyl groups excluding tert-OH is 1. The molecule has 7 N–H and O–H groups in total. The van der Waals surface area contributed by atoms with Gasteiger partial charge in [0.15, 0.2) is 0 Å². The average molecular weight is 668 g/mol. The van der Waals surface area contributed by atoms with E-state index in [9.17, 15) is 38.6 Å². The molecule has 0 radical (unpaired) electrons. The molecule has 0 heterocycles. The Morgan fingerprint density at radius 3 is 2.00 bits per heavy atom. The van der Waals surface area contributed by atoms with Crippen LogP contribution >= 0.6 is 0 Å². The van der Waals surface area contributed by atoms with Crippen LogP contribution in [0.2, 0.25) is 0 Å². The number of carbonyl (C=O) groups is 5. The first-order valence-corrected chi connectivity index (χ1v) is 16.2. The molecule has 0 aliphatic heterocycles. The number of amides is 5. The molecule has 0 aliphatic carbocycles. The number of phenols is 1. The number of halogens is 1. The molecule has 0 fully saturated rings. The van der Waals surface area contributed by atoms with Crippen LogP contribution in [-0.2, 0) is 19.2 Å². The second kappa shape index (κ2) is 21.2. The summed E-state index contributed by atoms with van der Waals surface area (Å²) < 4.78 is 14.3. The summed E-state index contributed by atoms with van der Waals surface area (Å²) in [4.78, 5) is 65.1. The Morgan fingerprint density at radius 2 is 1.49 bits per heavy atom. The number of hydrogen-bond acceptors (Lipinski definition) is 7. The second-order valence-corrected chi connectivity index (χ2v) is 12.6. The summed E-state index contributed by atoms with van der Waals surface area (Å²) in [6.45, 7) is 15.0. The highest BCUT2D eigenvalue weighted by Gasteiger charge is 2.33. The van der Waals surface area contributed by atoms with E-state index >= 15 is 0 Å². The van der Waals surface area contributed by atoms with E-state index in [1.165, 1.54) is 0 Å². The van der Waals surface area contributed by atoms with Crippen LogP contribution in [0.15, 0.2) is 18.2 Å². The molecule has 13 heteroatoms. The third-order valence-corrected chi connectivity index (χ3v) is 7.72. The first-order valence-electron chi connectivity index (χ1n) is 16.2. The summed E-state index contributed by atoms with van der Waals surface area (Å²) in [6, 6.07) is -0.669. The number of aromatic hydroxyl groups is 1.